The van der Waals surface area contributed by atoms with Crippen LogP contribution >= 0.6 is 23.2 Å². The molecule has 0 nitrogen and oxygen atoms in total. The molecule has 11 rings (SSSR count). The number of hydrogen-bond acceptors (Lipinski definition) is 0. The molecule has 11 aromatic carbocycles. The third kappa shape index (κ3) is 3.51. The second kappa shape index (κ2) is 9.58. The monoisotopic (exact) mass is 646 g/mol. The van der Waals surface area contributed by atoms with Crippen molar-refractivity contribution in [2.24, 2.45) is 0 Å². The fourth-order valence-corrected chi connectivity index (χ4v) is 9.17. The van der Waals surface area contributed by atoms with Gasteiger partial charge in [0.25, 0.3) is 0 Å². The lowest BCUT2D eigenvalue weighted by Gasteiger charge is -2.17. The number of benzene rings is 11. The zero-order valence-corrected chi connectivity index (χ0v) is 27.1. The minimum absolute atomic E-state index is 0.727. The first-order valence-electron chi connectivity index (χ1n) is 16.3. The molecule has 0 aliphatic rings. The van der Waals surface area contributed by atoms with Gasteiger partial charge in [-0.1, -0.05) is 157 Å². The highest BCUT2D eigenvalue weighted by Crippen LogP contribution is 2.46. The summed E-state index contributed by atoms with van der Waals surface area (Å²) in [4.78, 5) is 0. The van der Waals surface area contributed by atoms with Crippen molar-refractivity contribution >= 4 is 109 Å². The van der Waals surface area contributed by atoms with Crippen LogP contribution in [0.1, 0.15) is 0 Å². The topological polar surface area (TPSA) is 0 Å². The van der Waals surface area contributed by atoms with Crippen LogP contribution in [0.4, 0.5) is 0 Å². The molecule has 11 aromatic rings. The Hall–Kier alpha value is -5.40. The van der Waals surface area contributed by atoms with E-state index in [1.807, 2.05) is 0 Å². The van der Waals surface area contributed by atoms with Gasteiger partial charge in [0, 0.05) is 21.4 Å². The van der Waals surface area contributed by atoms with Gasteiger partial charge in [0.1, 0.15) is 0 Å². The van der Waals surface area contributed by atoms with Crippen LogP contribution in [0.2, 0.25) is 10.0 Å². The van der Waals surface area contributed by atoms with E-state index in [1.165, 1.54) is 70.2 Å². The summed E-state index contributed by atoms with van der Waals surface area (Å²) >= 11 is 14.6. The molecule has 0 spiro atoms. The minimum Gasteiger partial charge on any atom is -0.0836 e. The van der Waals surface area contributed by atoms with Gasteiger partial charge in [0.2, 0.25) is 0 Å². The Bertz CT molecular complexity index is 3100. The highest BCUT2D eigenvalue weighted by Gasteiger charge is 2.18. The molecule has 0 heterocycles. The highest BCUT2D eigenvalue weighted by atomic mass is 35.5. The Morgan fingerprint density at radius 3 is 1.35 bits per heavy atom. The van der Waals surface area contributed by atoms with Crippen molar-refractivity contribution in [1.82, 2.24) is 0 Å². The number of rotatable bonds is 2. The van der Waals surface area contributed by atoms with Gasteiger partial charge in [-0.05, 0) is 104 Å². The van der Waals surface area contributed by atoms with E-state index in [2.05, 4.69) is 146 Å². The Labute approximate surface area is 286 Å². The Morgan fingerprint density at radius 2 is 0.729 bits per heavy atom. The van der Waals surface area contributed by atoms with Crippen molar-refractivity contribution in [2.75, 3.05) is 0 Å². The zero-order chi connectivity index (χ0) is 31.7. The van der Waals surface area contributed by atoms with Crippen LogP contribution in [-0.4, -0.2) is 0 Å². The van der Waals surface area contributed by atoms with Crippen LogP contribution in [0.5, 0.6) is 0 Å². The van der Waals surface area contributed by atoms with E-state index in [9.17, 15) is 0 Å². The fraction of sp³-hybridized carbons (Fsp3) is 0. The van der Waals surface area contributed by atoms with Crippen LogP contribution in [-0.2, 0) is 0 Å². The first kappa shape index (κ1) is 26.6. The number of fused-ring (bicyclic) bond motifs is 3. The lowest BCUT2D eigenvalue weighted by Crippen LogP contribution is -1.90. The molecule has 0 fully saturated rings. The molecule has 0 saturated heterocycles. The van der Waals surface area contributed by atoms with Gasteiger partial charge in [0.15, 0.2) is 0 Å². The lowest BCUT2D eigenvalue weighted by atomic mass is 9.88. The average molecular weight is 648 g/mol. The van der Waals surface area contributed by atoms with Crippen LogP contribution in [0.25, 0.3) is 108 Å². The Kier molecular flexibility index (Phi) is 5.32. The maximum atomic E-state index is 7.34. The Balaban J connectivity index is 1.11. The smallest absolute Gasteiger partial charge is 0.0563 e. The van der Waals surface area contributed by atoms with E-state index >= 15 is 0 Å². The van der Waals surface area contributed by atoms with Crippen LogP contribution in [0, 0.1) is 0 Å². The van der Waals surface area contributed by atoms with E-state index in [0.717, 1.165) is 48.3 Å². The van der Waals surface area contributed by atoms with Gasteiger partial charge in [-0.2, -0.15) is 0 Å². The first-order valence-corrected chi connectivity index (χ1v) is 17.1. The minimum atomic E-state index is 0.727. The van der Waals surface area contributed by atoms with Gasteiger partial charge in [-0.25, -0.2) is 0 Å². The summed E-state index contributed by atoms with van der Waals surface area (Å²) in [5.41, 5.74) is 4.47. The molecule has 0 N–H and O–H groups in total. The molecule has 48 heavy (non-hydrogen) atoms. The van der Waals surface area contributed by atoms with Crippen molar-refractivity contribution in [3.05, 3.63) is 156 Å². The van der Waals surface area contributed by atoms with E-state index in [1.54, 1.807) is 0 Å². The summed E-state index contributed by atoms with van der Waals surface area (Å²) in [7, 11) is 0. The van der Waals surface area contributed by atoms with E-state index < -0.39 is 0 Å². The van der Waals surface area contributed by atoms with E-state index in [4.69, 9.17) is 23.2 Å². The van der Waals surface area contributed by atoms with Gasteiger partial charge < -0.3 is 0 Å². The molecule has 0 amide bonds. The maximum Gasteiger partial charge on any atom is 0.0563 e. The predicted molar refractivity (Wildman–Crippen MR) is 210 cm³/mol. The third-order valence-corrected chi connectivity index (χ3v) is 11.4. The normalized spacial score (nSPS) is 12.4. The van der Waals surface area contributed by atoms with Crippen molar-refractivity contribution < 1.29 is 0 Å². The van der Waals surface area contributed by atoms with Gasteiger partial charge in [0.05, 0.1) is 5.02 Å². The summed E-state index contributed by atoms with van der Waals surface area (Å²) in [5, 5.41) is 20.9. The Morgan fingerprint density at radius 1 is 0.292 bits per heavy atom. The number of hydrogen-bond donors (Lipinski definition) is 0. The molecule has 0 saturated carbocycles. The van der Waals surface area contributed by atoms with E-state index in [-0.39, 0.29) is 0 Å². The van der Waals surface area contributed by atoms with Crippen molar-refractivity contribution in [3.8, 4) is 22.3 Å². The lowest BCUT2D eigenvalue weighted by molar-refractivity contribution is 1.69. The molecule has 0 aliphatic carbocycles. The van der Waals surface area contributed by atoms with Crippen LogP contribution in [0.3, 0.4) is 0 Å². The SMILES string of the molecule is Clc1c(-c2ccc3ccc4cccc5ccc2c3c45)ccc2c1ccc1cc(-c3ccc4ccc5cccc6ccc3c4c56)cc(Cl)c12. The molecular weight excluding hydrogens is 623 g/mol. The highest BCUT2D eigenvalue weighted by molar-refractivity contribution is 6.42. The molecule has 222 valence electrons. The molecule has 0 aliphatic heterocycles. The number of halogens is 2. The van der Waals surface area contributed by atoms with Gasteiger partial charge >= 0.3 is 0 Å². The molecule has 0 atom stereocenters. The molecule has 0 aromatic heterocycles. The van der Waals surface area contributed by atoms with Crippen LogP contribution < -0.4 is 0 Å². The third-order valence-electron chi connectivity index (χ3n) is 10.7. The summed E-state index contributed by atoms with van der Waals surface area (Å²) in [6.45, 7) is 0. The zero-order valence-electron chi connectivity index (χ0n) is 25.6. The predicted octanol–water partition coefficient (Wildman–Crippen LogP) is 14.4. The molecule has 0 radical (unpaired) electrons. The standard InChI is InChI=1S/C46H24Cl2/c47-40-24-32(33-16-11-29-9-7-25-3-1-5-27-13-18-35(33)44(29)41(25)27)23-31-15-20-39-37(43(31)40)21-22-38(46(39)48)34-17-12-30-10-8-26-4-2-6-28-14-19-36(34)45(30)42(26)28/h1-24H. The summed E-state index contributed by atoms with van der Waals surface area (Å²) in [6.07, 6.45) is 0. The van der Waals surface area contributed by atoms with E-state index in [0.29, 0.717) is 0 Å². The molecule has 2 heteroatoms. The van der Waals surface area contributed by atoms with Crippen molar-refractivity contribution in [1.29, 1.82) is 0 Å². The molecule has 0 bridgehead atoms. The van der Waals surface area contributed by atoms with Crippen molar-refractivity contribution in [2.45, 2.75) is 0 Å². The molecule has 0 unspecified atom stereocenters. The second-order valence-electron chi connectivity index (χ2n) is 13.1. The molecular formula is C46H24Cl2. The van der Waals surface area contributed by atoms with Gasteiger partial charge in [-0.3, -0.25) is 0 Å². The average Bonchev–Trinajstić information content (AvgIpc) is 3.13. The quantitative estimate of drug-likeness (QED) is 0.164. The first-order chi connectivity index (χ1) is 23.6. The summed E-state index contributed by atoms with van der Waals surface area (Å²) in [5.74, 6) is 0. The maximum absolute atomic E-state index is 7.34. The second-order valence-corrected chi connectivity index (χ2v) is 13.9. The van der Waals surface area contributed by atoms with Gasteiger partial charge in [-0.15, -0.1) is 0 Å². The largest absolute Gasteiger partial charge is 0.0836 e. The fourth-order valence-electron chi connectivity index (χ4n) is 8.51. The summed E-state index contributed by atoms with van der Waals surface area (Å²) in [6, 6.07) is 52.9. The van der Waals surface area contributed by atoms with Crippen molar-refractivity contribution in [3.63, 3.8) is 0 Å². The van der Waals surface area contributed by atoms with Crippen LogP contribution in [0.15, 0.2) is 146 Å². The summed E-state index contributed by atoms with van der Waals surface area (Å²) < 4.78 is 0.